The molecule has 1 aromatic carbocycles. The van der Waals surface area contributed by atoms with Crippen LogP contribution < -0.4 is 15.8 Å². The Bertz CT molecular complexity index is 446. The van der Waals surface area contributed by atoms with E-state index in [0.717, 1.165) is 30.4 Å². The smallest absolute Gasteiger partial charge is 0.144 e. The van der Waals surface area contributed by atoms with E-state index in [2.05, 4.69) is 5.32 Å². The van der Waals surface area contributed by atoms with Crippen molar-refractivity contribution in [3.8, 4) is 5.75 Å². The van der Waals surface area contributed by atoms with Gasteiger partial charge in [-0.3, -0.25) is 0 Å². The summed E-state index contributed by atoms with van der Waals surface area (Å²) in [4.78, 5) is 0. The van der Waals surface area contributed by atoms with Gasteiger partial charge in [-0.1, -0.05) is 0 Å². The zero-order valence-electron chi connectivity index (χ0n) is 11.4. The molecule has 0 bridgehead atoms. The van der Waals surface area contributed by atoms with Crippen molar-refractivity contribution in [2.45, 2.75) is 38.3 Å². The van der Waals surface area contributed by atoms with E-state index in [9.17, 15) is 0 Å². The first-order valence-electron chi connectivity index (χ1n) is 7.18. The average Bonchev–Trinajstić information content (AvgIpc) is 3.15. The molecule has 0 aromatic heterocycles. The fourth-order valence-corrected chi connectivity index (χ4v) is 2.77. The second-order valence-corrected chi connectivity index (χ2v) is 5.40. The van der Waals surface area contributed by atoms with Crippen LogP contribution in [-0.4, -0.2) is 25.4 Å². The van der Waals surface area contributed by atoms with Crippen LogP contribution in [0.3, 0.4) is 0 Å². The predicted molar refractivity (Wildman–Crippen MR) is 76.5 cm³/mol. The zero-order valence-corrected chi connectivity index (χ0v) is 11.4. The van der Waals surface area contributed by atoms with Crippen molar-refractivity contribution in [2.75, 3.05) is 24.3 Å². The number of nitrogens with two attached hydrogens (primary N) is 1. The van der Waals surface area contributed by atoms with Gasteiger partial charge in [-0.2, -0.15) is 0 Å². The molecule has 1 aromatic rings. The normalized spacial score (nSPS) is 26.4. The number of nitrogen functional groups attached to an aromatic ring is 1. The highest BCUT2D eigenvalue weighted by molar-refractivity contribution is 5.61. The van der Waals surface area contributed by atoms with Gasteiger partial charge in [0.15, 0.2) is 0 Å². The van der Waals surface area contributed by atoms with Crippen LogP contribution in [0.25, 0.3) is 0 Å². The lowest BCUT2D eigenvalue weighted by Gasteiger charge is -2.21. The molecule has 2 aliphatic rings. The number of hydrogen-bond donors (Lipinski definition) is 2. The van der Waals surface area contributed by atoms with E-state index in [1.807, 2.05) is 25.1 Å². The highest BCUT2D eigenvalue weighted by Crippen LogP contribution is 2.40. The van der Waals surface area contributed by atoms with E-state index in [-0.39, 0.29) is 0 Å². The van der Waals surface area contributed by atoms with Gasteiger partial charge in [-0.05, 0) is 44.2 Å². The molecule has 104 valence electrons. The Morgan fingerprint density at radius 3 is 2.95 bits per heavy atom. The van der Waals surface area contributed by atoms with Crippen LogP contribution in [0.2, 0.25) is 0 Å². The average molecular weight is 262 g/mol. The summed E-state index contributed by atoms with van der Waals surface area (Å²) in [6, 6.07) is 6.32. The van der Waals surface area contributed by atoms with Crippen LogP contribution in [0, 0.1) is 5.92 Å². The Balaban J connectivity index is 1.70. The van der Waals surface area contributed by atoms with E-state index in [0.29, 0.717) is 24.4 Å². The van der Waals surface area contributed by atoms with E-state index >= 15 is 0 Å². The molecule has 3 rings (SSSR count). The number of benzene rings is 1. The Hall–Kier alpha value is -1.42. The van der Waals surface area contributed by atoms with Gasteiger partial charge >= 0.3 is 0 Å². The molecule has 3 N–H and O–H groups in total. The Morgan fingerprint density at radius 2 is 2.21 bits per heavy atom. The van der Waals surface area contributed by atoms with Gasteiger partial charge in [0.25, 0.3) is 0 Å². The van der Waals surface area contributed by atoms with Gasteiger partial charge in [-0.25, -0.2) is 0 Å². The quantitative estimate of drug-likeness (QED) is 0.801. The van der Waals surface area contributed by atoms with Gasteiger partial charge in [-0.15, -0.1) is 0 Å². The number of ether oxygens (including phenoxy) is 2. The van der Waals surface area contributed by atoms with E-state index in [1.54, 1.807) is 0 Å². The number of anilines is 2. The summed E-state index contributed by atoms with van der Waals surface area (Å²) in [6.07, 6.45) is 4.09. The number of nitrogens with one attached hydrogen (secondary N) is 1. The van der Waals surface area contributed by atoms with Gasteiger partial charge in [0.2, 0.25) is 0 Å². The predicted octanol–water partition coefficient (Wildman–Crippen LogP) is 2.65. The van der Waals surface area contributed by atoms with Gasteiger partial charge in [0, 0.05) is 18.4 Å². The molecule has 0 amide bonds. The lowest BCUT2D eigenvalue weighted by molar-refractivity contribution is 0.0898. The summed E-state index contributed by atoms with van der Waals surface area (Å²) >= 11 is 0. The van der Waals surface area contributed by atoms with Crippen LogP contribution >= 0.6 is 0 Å². The molecule has 0 radical (unpaired) electrons. The minimum absolute atomic E-state index is 0.382. The molecule has 2 fully saturated rings. The van der Waals surface area contributed by atoms with Crippen LogP contribution in [0.15, 0.2) is 18.2 Å². The summed E-state index contributed by atoms with van der Waals surface area (Å²) in [5.74, 6) is 1.52. The first-order valence-corrected chi connectivity index (χ1v) is 7.18. The van der Waals surface area contributed by atoms with Crippen molar-refractivity contribution in [3.63, 3.8) is 0 Å². The third-order valence-corrected chi connectivity index (χ3v) is 3.89. The first-order chi connectivity index (χ1) is 9.28. The molecular weight excluding hydrogens is 240 g/mol. The van der Waals surface area contributed by atoms with E-state index in [4.69, 9.17) is 15.2 Å². The molecule has 4 nitrogen and oxygen atoms in total. The summed E-state index contributed by atoms with van der Waals surface area (Å²) in [6.45, 7) is 3.46. The number of hydrogen-bond acceptors (Lipinski definition) is 4. The van der Waals surface area contributed by atoms with Crippen LogP contribution in [-0.2, 0) is 4.74 Å². The Labute approximate surface area is 114 Å². The number of rotatable bonds is 5. The fourth-order valence-electron chi connectivity index (χ4n) is 2.77. The van der Waals surface area contributed by atoms with Crippen molar-refractivity contribution >= 4 is 11.4 Å². The van der Waals surface area contributed by atoms with Crippen molar-refractivity contribution in [1.82, 2.24) is 0 Å². The maximum Gasteiger partial charge on any atom is 0.144 e. The maximum absolute atomic E-state index is 5.89. The van der Waals surface area contributed by atoms with Crippen molar-refractivity contribution < 1.29 is 9.47 Å². The monoisotopic (exact) mass is 262 g/mol. The second kappa shape index (κ2) is 5.29. The van der Waals surface area contributed by atoms with Gasteiger partial charge in [0.05, 0.1) is 24.4 Å². The summed E-state index contributed by atoms with van der Waals surface area (Å²) in [5.41, 5.74) is 7.65. The molecule has 1 aliphatic heterocycles. The molecule has 1 aliphatic carbocycles. The highest BCUT2D eigenvalue weighted by atomic mass is 16.5. The van der Waals surface area contributed by atoms with Crippen LogP contribution in [0.5, 0.6) is 5.75 Å². The topological polar surface area (TPSA) is 56.5 Å². The molecule has 2 unspecified atom stereocenters. The molecule has 1 heterocycles. The molecule has 19 heavy (non-hydrogen) atoms. The highest BCUT2D eigenvalue weighted by Gasteiger charge is 2.40. The summed E-state index contributed by atoms with van der Waals surface area (Å²) in [7, 11) is 0. The standard InChI is InChI=1S/C15H22N2O2/c1-2-18-14-9-11(5-6-12(14)16)17-13-7-8-19-15(13)10-3-4-10/h5-6,9-10,13,15,17H,2-4,7-8,16H2,1H3. The minimum Gasteiger partial charge on any atom is -0.492 e. The third kappa shape index (κ3) is 2.78. The van der Waals surface area contributed by atoms with Crippen molar-refractivity contribution in [1.29, 1.82) is 0 Å². The molecule has 2 atom stereocenters. The molecule has 0 spiro atoms. The van der Waals surface area contributed by atoms with Gasteiger partial charge < -0.3 is 20.5 Å². The van der Waals surface area contributed by atoms with Gasteiger partial charge in [0.1, 0.15) is 5.75 Å². The molecule has 1 saturated carbocycles. The van der Waals surface area contributed by atoms with Crippen LogP contribution in [0.1, 0.15) is 26.2 Å². The molecular formula is C15H22N2O2. The third-order valence-electron chi connectivity index (χ3n) is 3.89. The van der Waals surface area contributed by atoms with Crippen molar-refractivity contribution in [3.05, 3.63) is 18.2 Å². The Morgan fingerprint density at radius 1 is 1.37 bits per heavy atom. The summed E-state index contributed by atoms with van der Waals surface area (Å²) < 4.78 is 11.4. The minimum atomic E-state index is 0.382. The zero-order chi connectivity index (χ0) is 13.2. The van der Waals surface area contributed by atoms with E-state index < -0.39 is 0 Å². The van der Waals surface area contributed by atoms with Crippen molar-refractivity contribution in [2.24, 2.45) is 5.92 Å². The molecule has 1 saturated heterocycles. The Kier molecular flexibility index (Phi) is 3.51. The lowest BCUT2D eigenvalue weighted by atomic mass is 10.1. The maximum atomic E-state index is 5.89. The fraction of sp³-hybridized carbons (Fsp3) is 0.600. The molecule has 4 heteroatoms. The van der Waals surface area contributed by atoms with E-state index in [1.165, 1.54) is 12.8 Å². The largest absolute Gasteiger partial charge is 0.492 e. The summed E-state index contributed by atoms with van der Waals surface area (Å²) in [5, 5.41) is 3.58. The second-order valence-electron chi connectivity index (χ2n) is 5.40. The SMILES string of the molecule is CCOc1cc(NC2CCOC2C2CC2)ccc1N. The first kappa shape index (κ1) is 12.6. The van der Waals surface area contributed by atoms with Crippen LogP contribution in [0.4, 0.5) is 11.4 Å². The lowest BCUT2D eigenvalue weighted by Crippen LogP contribution is -2.30.